The Kier molecular flexibility index (Phi) is 7.10. The molecule has 6 nitrogen and oxygen atoms in total. The van der Waals surface area contributed by atoms with Crippen molar-refractivity contribution in [2.75, 3.05) is 31.2 Å². The number of amides is 1. The first-order valence-electron chi connectivity index (χ1n) is 13.1. The second-order valence-corrected chi connectivity index (χ2v) is 9.95. The average Bonchev–Trinajstić information content (AvgIpc) is 3.39. The number of fused-ring (bicyclic) bond motifs is 1. The lowest BCUT2D eigenvalue weighted by Crippen LogP contribution is -2.45. The van der Waals surface area contributed by atoms with Crippen molar-refractivity contribution < 1.29 is 13.9 Å². The van der Waals surface area contributed by atoms with Crippen molar-refractivity contribution in [2.24, 2.45) is 0 Å². The predicted octanol–water partition coefficient (Wildman–Crippen LogP) is 4.98. The molecule has 0 spiro atoms. The normalized spacial score (nSPS) is 17.4. The largest absolute Gasteiger partial charge is 0.378 e. The number of rotatable bonds is 7. The van der Waals surface area contributed by atoms with Gasteiger partial charge in [0.05, 0.1) is 30.0 Å². The molecule has 2 heterocycles. The Bertz CT molecular complexity index is 1290. The van der Waals surface area contributed by atoms with Gasteiger partial charge in [0, 0.05) is 31.2 Å². The Labute approximate surface area is 211 Å². The van der Waals surface area contributed by atoms with Gasteiger partial charge >= 0.3 is 0 Å². The van der Waals surface area contributed by atoms with Crippen molar-refractivity contribution in [3.05, 3.63) is 75.8 Å². The Hall–Kier alpha value is -3.19. The van der Waals surface area contributed by atoms with E-state index in [-0.39, 0.29) is 10.9 Å². The minimum absolute atomic E-state index is 0.0688. The monoisotopic (exact) mass is 491 g/mol. The van der Waals surface area contributed by atoms with Crippen LogP contribution in [0, 0.1) is 5.82 Å². The number of carbonyl (C=O) groups is 1. The fraction of sp³-hybridized carbons (Fsp3) is 0.448. The lowest BCUT2D eigenvalue weighted by molar-refractivity contribution is 0.0896. The summed E-state index contributed by atoms with van der Waals surface area (Å²) in [5.74, 6) is -0.840. The highest BCUT2D eigenvalue weighted by molar-refractivity contribution is 5.98. The van der Waals surface area contributed by atoms with Gasteiger partial charge in [-0.3, -0.25) is 9.59 Å². The topological polar surface area (TPSA) is 63.6 Å². The zero-order valence-electron chi connectivity index (χ0n) is 20.9. The molecule has 190 valence electrons. The van der Waals surface area contributed by atoms with E-state index in [9.17, 15) is 9.59 Å². The minimum Gasteiger partial charge on any atom is -0.378 e. The van der Waals surface area contributed by atoms with E-state index in [4.69, 9.17) is 4.74 Å². The van der Waals surface area contributed by atoms with Gasteiger partial charge in [-0.1, -0.05) is 56.5 Å². The Morgan fingerprint density at radius 3 is 2.53 bits per heavy atom. The number of hydrogen-bond donors (Lipinski definition) is 1. The SMILES string of the molecule is CCCCn1cc(C(=O)NC2(c3ccccc3)CCCC2)c(=O)c2cc(F)c(N3CCOCC3)cc21. The lowest BCUT2D eigenvalue weighted by Gasteiger charge is -2.31. The number of ether oxygens (including phenoxy) is 1. The molecular formula is C29H34FN3O3. The third-order valence-corrected chi connectivity index (χ3v) is 7.63. The number of carbonyl (C=O) groups excluding carboxylic acids is 1. The van der Waals surface area contributed by atoms with Crippen LogP contribution in [0.15, 0.2) is 53.5 Å². The smallest absolute Gasteiger partial charge is 0.257 e. The molecule has 36 heavy (non-hydrogen) atoms. The van der Waals surface area contributed by atoms with E-state index < -0.39 is 22.7 Å². The Balaban J connectivity index is 1.57. The molecule has 7 heteroatoms. The van der Waals surface area contributed by atoms with E-state index >= 15 is 4.39 Å². The van der Waals surface area contributed by atoms with Crippen LogP contribution in [0.4, 0.5) is 10.1 Å². The van der Waals surface area contributed by atoms with Crippen LogP contribution >= 0.6 is 0 Å². The third-order valence-electron chi connectivity index (χ3n) is 7.63. The summed E-state index contributed by atoms with van der Waals surface area (Å²) in [7, 11) is 0. The number of unbranched alkanes of at least 4 members (excludes halogenated alkanes) is 1. The fourth-order valence-electron chi connectivity index (χ4n) is 5.63. The van der Waals surface area contributed by atoms with Gasteiger partial charge in [-0.25, -0.2) is 4.39 Å². The van der Waals surface area contributed by atoms with E-state index in [0.29, 0.717) is 44.1 Å². The van der Waals surface area contributed by atoms with Crippen LogP contribution in [-0.4, -0.2) is 36.8 Å². The molecule has 1 aromatic heterocycles. The van der Waals surface area contributed by atoms with Crippen LogP contribution in [-0.2, 0) is 16.8 Å². The van der Waals surface area contributed by atoms with Crippen LogP contribution in [0.1, 0.15) is 61.4 Å². The van der Waals surface area contributed by atoms with Crippen molar-refractivity contribution >= 4 is 22.5 Å². The van der Waals surface area contributed by atoms with E-state index in [1.165, 1.54) is 6.07 Å². The van der Waals surface area contributed by atoms with E-state index in [1.54, 1.807) is 12.3 Å². The third kappa shape index (κ3) is 4.64. The van der Waals surface area contributed by atoms with Crippen LogP contribution in [0.5, 0.6) is 0 Å². The number of pyridine rings is 1. The van der Waals surface area contributed by atoms with E-state index in [2.05, 4.69) is 12.2 Å². The van der Waals surface area contributed by atoms with Gasteiger partial charge in [-0.05, 0) is 37.0 Å². The molecule has 5 rings (SSSR count). The van der Waals surface area contributed by atoms with E-state index in [0.717, 1.165) is 44.1 Å². The second kappa shape index (κ2) is 10.4. The van der Waals surface area contributed by atoms with Crippen LogP contribution in [0.2, 0.25) is 0 Å². The molecule has 1 aliphatic carbocycles. The van der Waals surface area contributed by atoms with Crippen LogP contribution in [0.3, 0.4) is 0 Å². The molecule has 1 aliphatic heterocycles. The average molecular weight is 492 g/mol. The van der Waals surface area contributed by atoms with Gasteiger partial charge in [0.25, 0.3) is 5.91 Å². The van der Waals surface area contributed by atoms with Crippen molar-refractivity contribution in [1.29, 1.82) is 0 Å². The highest BCUT2D eigenvalue weighted by Gasteiger charge is 2.37. The van der Waals surface area contributed by atoms with E-state index in [1.807, 2.05) is 39.8 Å². The fourth-order valence-corrected chi connectivity index (χ4v) is 5.63. The summed E-state index contributed by atoms with van der Waals surface area (Å²) in [6.07, 6.45) is 7.22. The number of morpholine rings is 1. The highest BCUT2D eigenvalue weighted by Crippen LogP contribution is 2.39. The number of hydrogen-bond acceptors (Lipinski definition) is 4. The molecule has 1 saturated carbocycles. The number of benzene rings is 2. The van der Waals surface area contributed by atoms with Crippen molar-refractivity contribution in [2.45, 2.75) is 57.5 Å². The number of nitrogens with one attached hydrogen (secondary N) is 1. The number of halogens is 1. The summed E-state index contributed by atoms with van der Waals surface area (Å²) < 4.78 is 22.6. The first kappa shape index (κ1) is 24.5. The second-order valence-electron chi connectivity index (χ2n) is 9.95. The first-order chi connectivity index (χ1) is 17.5. The molecule has 2 aromatic carbocycles. The van der Waals surface area contributed by atoms with Gasteiger partial charge in [0.2, 0.25) is 5.43 Å². The summed E-state index contributed by atoms with van der Waals surface area (Å²) in [4.78, 5) is 29.2. The maximum Gasteiger partial charge on any atom is 0.257 e. The molecule has 0 unspecified atom stereocenters. The maximum absolute atomic E-state index is 15.3. The molecule has 0 bridgehead atoms. The van der Waals surface area contributed by atoms with Gasteiger partial charge in [-0.2, -0.15) is 0 Å². The minimum atomic E-state index is -0.487. The van der Waals surface area contributed by atoms with Gasteiger partial charge < -0.3 is 19.5 Å². The predicted molar refractivity (Wildman–Crippen MR) is 140 cm³/mol. The van der Waals surface area contributed by atoms with Gasteiger partial charge in [0.15, 0.2) is 0 Å². The molecule has 3 aromatic rings. The summed E-state index contributed by atoms with van der Waals surface area (Å²) in [6, 6.07) is 13.1. The zero-order valence-corrected chi connectivity index (χ0v) is 20.9. The summed E-state index contributed by atoms with van der Waals surface area (Å²) in [5, 5.41) is 3.47. The maximum atomic E-state index is 15.3. The molecule has 2 fully saturated rings. The summed E-state index contributed by atoms with van der Waals surface area (Å²) >= 11 is 0. The highest BCUT2D eigenvalue weighted by atomic mass is 19.1. The Morgan fingerprint density at radius 1 is 1.11 bits per heavy atom. The lowest BCUT2D eigenvalue weighted by atomic mass is 9.88. The van der Waals surface area contributed by atoms with Gasteiger partial charge in [-0.15, -0.1) is 0 Å². The van der Waals surface area contributed by atoms with Crippen molar-refractivity contribution in [1.82, 2.24) is 9.88 Å². The van der Waals surface area contributed by atoms with Crippen LogP contribution in [0.25, 0.3) is 10.9 Å². The number of aryl methyl sites for hydroxylation is 1. The summed E-state index contributed by atoms with van der Waals surface area (Å²) in [6.45, 7) is 5.03. The Morgan fingerprint density at radius 2 is 1.83 bits per heavy atom. The van der Waals surface area contributed by atoms with Crippen LogP contribution < -0.4 is 15.6 Å². The molecule has 1 amide bonds. The number of aromatic nitrogens is 1. The zero-order chi connectivity index (χ0) is 25.1. The first-order valence-corrected chi connectivity index (χ1v) is 13.1. The molecule has 2 aliphatic rings. The molecule has 0 atom stereocenters. The van der Waals surface area contributed by atoms with Crippen molar-refractivity contribution in [3.63, 3.8) is 0 Å². The quantitative estimate of drug-likeness (QED) is 0.507. The molecular weight excluding hydrogens is 457 g/mol. The van der Waals surface area contributed by atoms with Gasteiger partial charge in [0.1, 0.15) is 11.4 Å². The molecule has 0 radical (unpaired) electrons. The summed E-state index contributed by atoms with van der Waals surface area (Å²) in [5.41, 5.74) is 1.35. The standard InChI is InChI=1S/C29H34FN3O3/c1-2-3-13-33-20-23(28(35)31-29(11-7-8-12-29)21-9-5-4-6-10-21)27(34)22-18-24(30)26(19-25(22)33)32-14-16-36-17-15-32/h4-6,9-10,18-20H,2-3,7-8,11-17H2,1H3,(H,31,35). The molecule has 1 saturated heterocycles. The number of anilines is 1. The number of nitrogens with zero attached hydrogens (tertiary/aromatic N) is 2. The van der Waals surface area contributed by atoms with Crippen molar-refractivity contribution in [3.8, 4) is 0 Å². The molecule has 1 N–H and O–H groups in total.